The number of halogens is 3. The van der Waals surface area contributed by atoms with Crippen molar-refractivity contribution < 1.29 is 32.3 Å². The largest absolute Gasteiger partial charge is 0.449 e. The lowest BCUT2D eigenvalue weighted by molar-refractivity contribution is -0.137. The number of pyridine rings is 1. The van der Waals surface area contributed by atoms with E-state index in [0.29, 0.717) is 5.56 Å². The maximum atomic E-state index is 13.5. The Kier molecular flexibility index (Phi) is 6.21. The standard InChI is InChI=1S/C22H21F3N4O4/c23-14-8-15(12-26-11-14)27-19(30)17-6-7-33-21(32)29(17)18(13-4-2-1-3-5-13)20(31)28-16-9-22(24,25)10-16/h1-5,8,11-12,16-18H,6-7,9-10H2,(H,27,30)(H,28,31)/t17?,18-/m1/s1. The zero-order valence-electron chi connectivity index (χ0n) is 17.3. The molecule has 174 valence electrons. The lowest BCUT2D eigenvalue weighted by Gasteiger charge is -2.41. The van der Waals surface area contributed by atoms with Crippen molar-refractivity contribution in [3.05, 3.63) is 60.2 Å². The van der Waals surface area contributed by atoms with Crippen molar-refractivity contribution in [1.29, 1.82) is 0 Å². The molecule has 1 aromatic carbocycles. The lowest BCUT2D eigenvalue weighted by atomic mass is 9.87. The quantitative estimate of drug-likeness (QED) is 0.688. The molecule has 1 saturated carbocycles. The molecule has 0 radical (unpaired) electrons. The van der Waals surface area contributed by atoms with Crippen LogP contribution in [-0.4, -0.2) is 52.4 Å². The number of carbonyl (C=O) groups excluding carboxylic acids is 3. The molecule has 1 saturated heterocycles. The van der Waals surface area contributed by atoms with Crippen LogP contribution in [0.2, 0.25) is 0 Å². The second-order valence-electron chi connectivity index (χ2n) is 7.99. The number of amides is 3. The predicted octanol–water partition coefficient (Wildman–Crippen LogP) is 3.03. The van der Waals surface area contributed by atoms with Gasteiger partial charge in [0.25, 0.3) is 5.92 Å². The molecular formula is C22H21F3N4O4. The summed E-state index contributed by atoms with van der Waals surface area (Å²) in [6, 6.07) is 6.08. The molecule has 8 nitrogen and oxygen atoms in total. The molecule has 4 rings (SSSR count). The number of benzene rings is 1. The first-order valence-electron chi connectivity index (χ1n) is 10.3. The molecule has 3 amide bonds. The molecule has 2 fully saturated rings. The van der Waals surface area contributed by atoms with Gasteiger partial charge in [0.2, 0.25) is 11.8 Å². The highest BCUT2D eigenvalue weighted by molar-refractivity contribution is 5.98. The van der Waals surface area contributed by atoms with E-state index in [1.807, 2.05) is 0 Å². The third-order valence-electron chi connectivity index (χ3n) is 5.52. The Labute approximate surface area is 187 Å². The Hall–Kier alpha value is -3.63. The molecule has 1 aromatic heterocycles. The highest BCUT2D eigenvalue weighted by Crippen LogP contribution is 2.38. The minimum atomic E-state index is -2.84. The van der Waals surface area contributed by atoms with Crippen molar-refractivity contribution in [3.8, 4) is 0 Å². The number of aromatic nitrogens is 1. The van der Waals surface area contributed by atoms with E-state index >= 15 is 0 Å². The Bertz CT molecular complexity index is 1040. The van der Waals surface area contributed by atoms with Gasteiger partial charge in [-0.25, -0.2) is 18.0 Å². The minimum absolute atomic E-state index is 0.0627. The number of alkyl halides is 2. The predicted molar refractivity (Wildman–Crippen MR) is 110 cm³/mol. The van der Waals surface area contributed by atoms with Crippen LogP contribution in [0.5, 0.6) is 0 Å². The van der Waals surface area contributed by atoms with Crippen molar-refractivity contribution in [2.45, 2.75) is 43.3 Å². The molecule has 2 N–H and O–H groups in total. The van der Waals surface area contributed by atoms with Crippen LogP contribution in [-0.2, 0) is 14.3 Å². The van der Waals surface area contributed by atoms with E-state index < -0.39 is 60.6 Å². The molecular weight excluding hydrogens is 441 g/mol. The summed E-state index contributed by atoms with van der Waals surface area (Å²) < 4.78 is 45.1. The average Bonchev–Trinajstić information content (AvgIpc) is 2.74. The van der Waals surface area contributed by atoms with Gasteiger partial charge >= 0.3 is 6.09 Å². The molecule has 0 spiro atoms. The molecule has 33 heavy (non-hydrogen) atoms. The zero-order valence-corrected chi connectivity index (χ0v) is 17.3. The van der Waals surface area contributed by atoms with Crippen LogP contribution in [0.4, 0.5) is 23.7 Å². The monoisotopic (exact) mass is 462 g/mol. The molecule has 1 aliphatic carbocycles. The second kappa shape index (κ2) is 9.08. The lowest BCUT2D eigenvalue weighted by Crippen LogP contribution is -2.58. The van der Waals surface area contributed by atoms with Gasteiger partial charge in [-0.05, 0) is 5.56 Å². The van der Waals surface area contributed by atoms with Gasteiger partial charge in [-0.2, -0.15) is 0 Å². The van der Waals surface area contributed by atoms with E-state index in [9.17, 15) is 27.6 Å². The third kappa shape index (κ3) is 5.07. The van der Waals surface area contributed by atoms with Crippen molar-refractivity contribution in [2.75, 3.05) is 11.9 Å². The van der Waals surface area contributed by atoms with Crippen molar-refractivity contribution >= 4 is 23.6 Å². The van der Waals surface area contributed by atoms with Crippen LogP contribution in [0.15, 0.2) is 48.8 Å². The molecule has 1 unspecified atom stereocenters. The Morgan fingerprint density at radius 2 is 1.91 bits per heavy atom. The molecule has 2 atom stereocenters. The van der Waals surface area contributed by atoms with Gasteiger partial charge in [-0.3, -0.25) is 19.5 Å². The van der Waals surface area contributed by atoms with Gasteiger partial charge in [0.05, 0.1) is 24.7 Å². The average molecular weight is 462 g/mol. The van der Waals surface area contributed by atoms with Gasteiger partial charge in [-0.15, -0.1) is 0 Å². The Morgan fingerprint density at radius 3 is 2.58 bits per heavy atom. The third-order valence-corrected chi connectivity index (χ3v) is 5.52. The van der Waals surface area contributed by atoms with Gasteiger partial charge in [-0.1, -0.05) is 30.3 Å². The maximum Gasteiger partial charge on any atom is 0.411 e. The molecule has 11 heteroatoms. The summed E-state index contributed by atoms with van der Waals surface area (Å²) in [5, 5.41) is 5.05. The smallest absolute Gasteiger partial charge is 0.411 e. The summed E-state index contributed by atoms with van der Waals surface area (Å²) in [6.45, 7) is -0.0627. The number of carbonyl (C=O) groups is 3. The number of rotatable bonds is 6. The number of hydrogen-bond donors (Lipinski definition) is 2. The van der Waals surface area contributed by atoms with E-state index in [4.69, 9.17) is 4.74 Å². The van der Waals surface area contributed by atoms with Crippen molar-refractivity contribution in [2.24, 2.45) is 0 Å². The van der Waals surface area contributed by atoms with Crippen LogP contribution < -0.4 is 10.6 Å². The number of cyclic esters (lactones) is 1. The van der Waals surface area contributed by atoms with Gasteiger partial charge in [0.15, 0.2) is 0 Å². The van der Waals surface area contributed by atoms with Gasteiger partial charge < -0.3 is 15.4 Å². The van der Waals surface area contributed by atoms with E-state index in [2.05, 4.69) is 15.6 Å². The van der Waals surface area contributed by atoms with E-state index in [-0.39, 0.29) is 18.7 Å². The fraction of sp³-hybridized carbons (Fsp3) is 0.364. The highest BCUT2D eigenvalue weighted by Gasteiger charge is 2.48. The first kappa shape index (κ1) is 22.6. The first-order chi connectivity index (χ1) is 15.7. The minimum Gasteiger partial charge on any atom is -0.449 e. The molecule has 2 aromatic rings. The Morgan fingerprint density at radius 1 is 1.18 bits per heavy atom. The van der Waals surface area contributed by atoms with E-state index in [1.165, 1.54) is 6.20 Å². The topological polar surface area (TPSA) is 101 Å². The van der Waals surface area contributed by atoms with Gasteiger partial charge in [0, 0.05) is 31.4 Å². The second-order valence-corrected chi connectivity index (χ2v) is 7.99. The summed E-state index contributed by atoms with van der Waals surface area (Å²) in [5.74, 6) is -4.87. The summed E-state index contributed by atoms with van der Waals surface area (Å²) in [5.41, 5.74) is 0.460. The molecule has 2 aliphatic rings. The van der Waals surface area contributed by atoms with Gasteiger partial charge in [0.1, 0.15) is 17.9 Å². The summed E-state index contributed by atoms with van der Waals surface area (Å²) >= 11 is 0. The van der Waals surface area contributed by atoms with E-state index in [0.717, 1.165) is 17.2 Å². The zero-order chi connectivity index (χ0) is 23.6. The van der Waals surface area contributed by atoms with Crippen LogP contribution >= 0.6 is 0 Å². The Balaban J connectivity index is 1.61. The number of nitrogens with one attached hydrogen (secondary N) is 2. The molecule has 0 bridgehead atoms. The highest BCUT2D eigenvalue weighted by atomic mass is 19.3. The SMILES string of the molecule is O=C(Nc1cncc(F)c1)C1CCOC(=O)N1[C@@H](C(=O)NC1CC(F)(F)C1)c1ccccc1. The summed E-state index contributed by atoms with van der Waals surface area (Å²) in [4.78, 5) is 43.6. The van der Waals surface area contributed by atoms with Crippen LogP contribution in [0.3, 0.4) is 0 Å². The molecule has 1 aliphatic heterocycles. The van der Waals surface area contributed by atoms with Crippen LogP contribution in [0.1, 0.15) is 30.9 Å². The summed E-state index contributed by atoms with van der Waals surface area (Å²) in [6.07, 6.45) is 0.382. The number of nitrogens with zero attached hydrogens (tertiary/aromatic N) is 2. The van der Waals surface area contributed by atoms with Crippen LogP contribution in [0, 0.1) is 5.82 Å². The normalized spacial score (nSPS) is 20.9. The fourth-order valence-electron chi connectivity index (χ4n) is 3.96. The first-order valence-corrected chi connectivity index (χ1v) is 10.3. The van der Waals surface area contributed by atoms with Crippen molar-refractivity contribution in [3.63, 3.8) is 0 Å². The number of anilines is 1. The number of ether oxygens (including phenoxy) is 1. The fourth-order valence-corrected chi connectivity index (χ4v) is 3.96. The van der Waals surface area contributed by atoms with Crippen LogP contribution in [0.25, 0.3) is 0 Å². The van der Waals surface area contributed by atoms with E-state index in [1.54, 1.807) is 30.3 Å². The number of hydrogen-bond acceptors (Lipinski definition) is 5. The maximum absolute atomic E-state index is 13.5. The summed E-state index contributed by atoms with van der Waals surface area (Å²) in [7, 11) is 0. The van der Waals surface area contributed by atoms with Crippen molar-refractivity contribution in [1.82, 2.24) is 15.2 Å². The molecule has 2 heterocycles.